The summed E-state index contributed by atoms with van der Waals surface area (Å²) in [5.41, 5.74) is 3.28. The predicted molar refractivity (Wildman–Crippen MR) is 128 cm³/mol. The average Bonchev–Trinajstić information content (AvgIpc) is 2.66. The fraction of sp³-hybridized carbons (Fsp3) is 0.828. The predicted octanol–water partition coefficient (Wildman–Crippen LogP) is 5.99. The van der Waals surface area contributed by atoms with E-state index in [-0.39, 0.29) is 39.1 Å². The third-order valence-corrected chi connectivity index (χ3v) is 11.6. The van der Waals surface area contributed by atoms with Gasteiger partial charge in [0.25, 0.3) is 0 Å². The van der Waals surface area contributed by atoms with E-state index in [4.69, 9.17) is 0 Å². The van der Waals surface area contributed by atoms with Gasteiger partial charge >= 0.3 is 0 Å². The second-order valence-corrected chi connectivity index (χ2v) is 14.2. The van der Waals surface area contributed by atoms with E-state index < -0.39 is 6.10 Å². The minimum atomic E-state index is -0.492. The van der Waals surface area contributed by atoms with E-state index in [1.807, 2.05) is 0 Å². The lowest BCUT2D eigenvalue weighted by atomic mass is 9.35. The lowest BCUT2D eigenvalue weighted by Crippen LogP contribution is -2.66. The Balaban J connectivity index is 1.66. The van der Waals surface area contributed by atoms with Gasteiger partial charge in [-0.2, -0.15) is 0 Å². The molecule has 0 saturated heterocycles. The smallest absolute Gasteiger partial charge is 0.160 e. The van der Waals surface area contributed by atoms with Crippen molar-refractivity contribution in [3.05, 3.63) is 22.8 Å². The van der Waals surface area contributed by atoms with E-state index in [1.54, 1.807) is 0 Å². The Morgan fingerprint density at radius 2 is 1.56 bits per heavy atom. The lowest BCUT2D eigenvalue weighted by molar-refractivity contribution is -0.216. The first kappa shape index (κ1) is 22.8. The van der Waals surface area contributed by atoms with Crippen molar-refractivity contribution in [1.82, 2.24) is 0 Å². The Kier molecular flexibility index (Phi) is 4.71. The van der Waals surface area contributed by atoms with Crippen molar-refractivity contribution in [1.29, 1.82) is 0 Å². The van der Waals surface area contributed by atoms with Gasteiger partial charge in [-0.15, -0.1) is 0 Å². The number of aliphatic hydroxyl groups is 2. The molecular formula is C29H44O3. The maximum atomic E-state index is 13.5. The number of ketones is 1. The maximum Gasteiger partial charge on any atom is 0.160 e. The van der Waals surface area contributed by atoms with Crippen LogP contribution in [0.5, 0.6) is 0 Å². The standard InChI is InChI=1S/C29H44O3/c1-25(2)11-8-17-18(15-25)19-14-20(30)24-27(5)12-10-23(32)26(3,4)22(27)9-13-28(24,6)29(19,7)16-21(17)31/h14,20,22-24,30,32H,8-13,15-16H2,1-7H3/t20-,22+,23+,24-,27+,28-,29-/m1/s1. The fourth-order valence-electron chi connectivity index (χ4n) is 9.63. The molecule has 178 valence electrons. The summed E-state index contributed by atoms with van der Waals surface area (Å²) in [6.45, 7) is 16.2. The minimum absolute atomic E-state index is 0.0380. The van der Waals surface area contributed by atoms with Crippen molar-refractivity contribution >= 4 is 5.78 Å². The first-order chi connectivity index (χ1) is 14.7. The van der Waals surface area contributed by atoms with Crippen molar-refractivity contribution < 1.29 is 15.0 Å². The summed E-state index contributed by atoms with van der Waals surface area (Å²) in [5.74, 6) is 0.853. The Labute approximate surface area is 194 Å². The Morgan fingerprint density at radius 1 is 0.875 bits per heavy atom. The second-order valence-electron chi connectivity index (χ2n) is 14.2. The number of Topliss-reactive ketones (excluding diaryl/α,β-unsaturated/α-hetero) is 1. The number of carbonyl (C=O) groups is 1. The maximum absolute atomic E-state index is 13.5. The summed E-state index contributed by atoms with van der Waals surface area (Å²) in [7, 11) is 0. The molecule has 3 nitrogen and oxygen atoms in total. The molecule has 3 heteroatoms. The summed E-state index contributed by atoms with van der Waals surface area (Å²) in [6, 6.07) is 0. The van der Waals surface area contributed by atoms with Crippen LogP contribution in [-0.4, -0.2) is 28.2 Å². The first-order valence-electron chi connectivity index (χ1n) is 13.0. The SMILES string of the molecule is CC1(C)CCC2=C(C1)C1=C[C@@H](O)[C@@H]3[C@@]4(C)CC[C@H](O)C(C)(C)[C@@H]4CC[C@@]3(C)[C@]1(C)CC2=O. The molecule has 32 heavy (non-hydrogen) atoms. The number of allylic oxidation sites excluding steroid dienone is 3. The van der Waals surface area contributed by atoms with Gasteiger partial charge in [0, 0.05) is 17.8 Å². The van der Waals surface area contributed by atoms with Crippen molar-refractivity contribution in [3.63, 3.8) is 0 Å². The highest BCUT2D eigenvalue weighted by Crippen LogP contribution is 2.73. The van der Waals surface area contributed by atoms with Gasteiger partial charge in [-0.25, -0.2) is 0 Å². The fourth-order valence-corrected chi connectivity index (χ4v) is 9.63. The summed E-state index contributed by atoms with van der Waals surface area (Å²) in [6.07, 6.45) is 8.73. The monoisotopic (exact) mass is 440 g/mol. The van der Waals surface area contributed by atoms with Crippen LogP contribution < -0.4 is 0 Å². The van der Waals surface area contributed by atoms with Crippen LogP contribution >= 0.6 is 0 Å². The number of carbonyl (C=O) groups excluding carboxylic acids is 1. The Hall–Kier alpha value is -0.930. The van der Waals surface area contributed by atoms with Crippen molar-refractivity contribution in [3.8, 4) is 0 Å². The molecule has 5 aliphatic rings. The molecule has 0 aromatic rings. The molecule has 0 unspecified atom stereocenters. The zero-order valence-corrected chi connectivity index (χ0v) is 21.3. The molecule has 2 saturated carbocycles. The summed E-state index contributed by atoms with van der Waals surface area (Å²) in [5, 5.41) is 22.6. The number of fused-ring (bicyclic) bond motifs is 6. The summed E-state index contributed by atoms with van der Waals surface area (Å²) in [4.78, 5) is 13.5. The molecule has 2 fully saturated rings. The van der Waals surface area contributed by atoms with Crippen molar-refractivity contribution in [2.45, 2.75) is 112 Å². The summed E-state index contributed by atoms with van der Waals surface area (Å²) < 4.78 is 0. The second kappa shape index (κ2) is 6.60. The van der Waals surface area contributed by atoms with Gasteiger partial charge in [0.15, 0.2) is 5.78 Å². The van der Waals surface area contributed by atoms with E-state index >= 15 is 0 Å². The van der Waals surface area contributed by atoms with Gasteiger partial charge in [0.1, 0.15) is 0 Å². The van der Waals surface area contributed by atoms with Gasteiger partial charge in [0.2, 0.25) is 0 Å². The van der Waals surface area contributed by atoms with Crippen molar-refractivity contribution in [2.24, 2.45) is 38.9 Å². The Morgan fingerprint density at radius 3 is 2.25 bits per heavy atom. The van der Waals surface area contributed by atoms with E-state index in [0.29, 0.717) is 18.1 Å². The van der Waals surface area contributed by atoms with Crippen LogP contribution in [0, 0.1) is 38.9 Å². The highest BCUT2D eigenvalue weighted by Gasteiger charge is 2.68. The van der Waals surface area contributed by atoms with Gasteiger partial charge in [-0.3, -0.25) is 4.79 Å². The van der Waals surface area contributed by atoms with Crippen LogP contribution in [-0.2, 0) is 4.79 Å². The molecule has 0 radical (unpaired) electrons. The molecule has 0 heterocycles. The van der Waals surface area contributed by atoms with Gasteiger partial charge in [-0.05, 0) is 89.2 Å². The summed E-state index contributed by atoms with van der Waals surface area (Å²) >= 11 is 0. The molecule has 7 atom stereocenters. The minimum Gasteiger partial charge on any atom is -0.393 e. The third kappa shape index (κ3) is 2.70. The Bertz CT molecular complexity index is 923. The molecule has 5 aliphatic carbocycles. The molecule has 2 N–H and O–H groups in total. The molecule has 0 spiro atoms. The van der Waals surface area contributed by atoms with Crippen LogP contribution in [0.1, 0.15) is 99.8 Å². The molecule has 0 aliphatic heterocycles. The van der Waals surface area contributed by atoms with Crippen LogP contribution in [0.2, 0.25) is 0 Å². The number of hydrogen-bond donors (Lipinski definition) is 2. The number of hydrogen-bond acceptors (Lipinski definition) is 3. The van der Waals surface area contributed by atoms with Crippen LogP contribution in [0.25, 0.3) is 0 Å². The molecule has 5 rings (SSSR count). The van der Waals surface area contributed by atoms with Crippen molar-refractivity contribution in [2.75, 3.05) is 0 Å². The average molecular weight is 441 g/mol. The van der Waals surface area contributed by atoms with E-state index in [9.17, 15) is 15.0 Å². The largest absolute Gasteiger partial charge is 0.393 e. The molecule has 0 aromatic heterocycles. The van der Waals surface area contributed by atoms with Crippen LogP contribution in [0.3, 0.4) is 0 Å². The normalized spacial score (nSPS) is 49.4. The molecule has 0 bridgehead atoms. The quantitative estimate of drug-likeness (QED) is 0.486. The lowest BCUT2D eigenvalue weighted by Gasteiger charge is -2.70. The van der Waals surface area contributed by atoms with Gasteiger partial charge in [0.05, 0.1) is 12.2 Å². The zero-order chi connectivity index (χ0) is 23.5. The van der Waals surface area contributed by atoms with E-state index in [1.165, 1.54) is 11.1 Å². The molecular weight excluding hydrogens is 396 g/mol. The van der Waals surface area contributed by atoms with Gasteiger partial charge < -0.3 is 10.2 Å². The van der Waals surface area contributed by atoms with Gasteiger partial charge in [-0.1, -0.05) is 54.5 Å². The van der Waals surface area contributed by atoms with E-state index in [0.717, 1.165) is 50.5 Å². The zero-order valence-electron chi connectivity index (χ0n) is 21.3. The first-order valence-corrected chi connectivity index (χ1v) is 13.0. The topological polar surface area (TPSA) is 57.5 Å². The third-order valence-electron chi connectivity index (χ3n) is 11.6. The highest BCUT2D eigenvalue weighted by molar-refractivity contribution is 6.00. The molecule has 0 amide bonds. The van der Waals surface area contributed by atoms with Crippen LogP contribution in [0.15, 0.2) is 22.8 Å². The van der Waals surface area contributed by atoms with Crippen LogP contribution in [0.4, 0.5) is 0 Å². The highest BCUT2D eigenvalue weighted by atomic mass is 16.3. The number of aliphatic hydroxyl groups excluding tert-OH is 2. The number of rotatable bonds is 0. The van der Waals surface area contributed by atoms with E-state index in [2.05, 4.69) is 54.5 Å². The molecule has 0 aromatic carbocycles.